The molecule has 5 heteroatoms. The zero-order valence-electron chi connectivity index (χ0n) is 10.1. The summed E-state index contributed by atoms with van der Waals surface area (Å²) in [6.45, 7) is 5.63. The van der Waals surface area contributed by atoms with Gasteiger partial charge in [0.05, 0.1) is 0 Å². The molecule has 0 aromatic heterocycles. The number of thiocarbonyl (C=S) groups is 1. The summed E-state index contributed by atoms with van der Waals surface area (Å²) in [6.07, 6.45) is 0. The Kier molecular flexibility index (Phi) is 3.81. The Balaban J connectivity index is 1.89. The quantitative estimate of drug-likeness (QED) is 0.833. The number of nitrogens with zero attached hydrogens (tertiary/aromatic N) is 3. The molecule has 0 radical (unpaired) electrons. The molecule has 0 saturated heterocycles. The summed E-state index contributed by atoms with van der Waals surface area (Å²) in [4.78, 5) is 0. The number of azo groups is 1. The molecule has 0 bridgehead atoms. The lowest BCUT2D eigenvalue weighted by Gasteiger charge is -2.16. The second kappa shape index (κ2) is 5.33. The highest BCUT2D eigenvalue weighted by atomic mass is 32.1. The number of hydrogen-bond acceptors (Lipinski definition) is 3. The molecule has 90 valence electrons. The summed E-state index contributed by atoms with van der Waals surface area (Å²) in [5, 5.41) is 9.90. The van der Waals surface area contributed by atoms with Gasteiger partial charge < -0.3 is 0 Å². The first-order chi connectivity index (χ1) is 8.16. The van der Waals surface area contributed by atoms with Crippen LogP contribution in [0, 0.1) is 0 Å². The highest BCUT2D eigenvalue weighted by Crippen LogP contribution is 2.14. The SMILES string of the molecule is CC(C)c1ccc(CNN2CN=NC2=S)cc1. The largest absolute Gasteiger partial charge is 0.257 e. The Labute approximate surface area is 107 Å². The highest BCUT2D eigenvalue weighted by Gasteiger charge is 2.12. The minimum atomic E-state index is 0.503. The van der Waals surface area contributed by atoms with Crippen molar-refractivity contribution in [1.29, 1.82) is 0 Å². The average Bonchev–Trinajstić information content (AvgIpc) is 2.73. The van der Waals surface area contributed by atoms with Gasteiger partial charge in [0.25, 0.3) is 0 Å². The van der Waals surface area contributed by atoms with Crippen LogP contribution in [0.15, 0.2) is 34.5 Å². The van der Waals surface area contributed by atoms with Crippen LogP contribution in [0.1, 0.15) is 30.9 Å². The maximum absolute atomic E-state index is 5.01. The highest BCUT2D eigenvalue weighted by molar-refractivity contribution is 7.80. The van der Waals surface area contributed by atoms with E-state index >= 15 is 0 Å². The molecule has 0 atom stereocenters. The predicted octanol–water partition coefficient (Wildman–Crippen LogP) is 2.82. The standard InChI is InChI=1S/C12H16N4S/c1-9(2)11-5-3-10(4-6-11)7-14-16-8-13-15-12(16)17/h3-6,9,14H,7-8H2,1-2H3. The van der Waals surface area contributed by atoms with Crippen molar-refractivity contribution in [3.8, 4) is 0 Å². The topological polar surface area (TPSA) is 40.0 Å². The van der Waals surface area contributed by atoms with Gasteiger partial charge in [-0.3, -0.25) is 5.01 Å². The van der Waals surface area contributed by atoms with Crippen LogP contribution in [0.3, 0.4) is 0 Å². The Morgan fingerprint density at radius 2 is 2.06 bits per heavy atom. The van der Waals surface area contributed by atoms with Gasteiger partial charge in [0.15, 0.2) is 0 Å². The molecule has 0 aliphatic carbocycles. The lowest BCUT2D eigenvalue weighted by molar-refractivity contribution is 0.330. The Hall–Kier alpha value is -1.33. The summed E-state index contributed by atoms with van der Waals surface area (Å²) < 4.78 is 0. The maximum Gasteiger partial charge on any atom is 0.232 e. The third kappa shape index (κ3) is 3.08. The van der Waals surface area contributed by atoms with Crippen LogP contribution in [-0.2, 0) is 6.54 Å². The van der Waals surface area contributed by atoms with Gasteiger partial charge in [0, 0.05) is 6.54 Å². The molecule has 1 aliphatic rings. The lowest BCUT2D eigenvalue weighted by atomic mass is 10.0. The van der Waals surface area contributed by atoms with E-state index in [-0.39, 0.29) is 0 Å². The maximum atomic E-state index is 5.01. The average molecular weight is 248 g/mol. The zero-order valence-corrected chi connectivity index (χ0v) is 10.9. The summed E-state index contributed by atoms with van der Waals surface area (Å²) in [5.41, 5.74) is 5.78. The van der Waals surface area contributed by atoms with Gasteiger partial charge in [-0.25, -0.2) is 5.43 Å². The third-order valence-electron chi connectivity index (χ3n) is 2.71. The predicted molar refractivity (Wildman–Crippen MR) is 71.5 cm³/mol. The van der Waals surface area contributed by atoms with Gasteiger partial charge in [-0.05, 0) is 29.3 Å². The van der Waals surface area contributed by atoms with Crippen molar-refractivity contribution >= 4 is 17.3 Å². The van der Waals surface area contributed by atoms with Crippen LogP contribution in [0.2, 0.25) is 0 Å². The molecule has 0 spiro atoms. The van der Waals surface area contributed by atoms with Crippen LogP contribution >= 0.6 is 12.2 Å². The molecule has 1 heterocycles. The third-order valence-corrected chi connectivity index (χ3v) is 3.01. The minimum absolute atomic E-state index is 0.503. The molecular formula is C12H16N4S. The van der Waals surface area contributed by atoms with E-state index in [0.717, 1.165) is 6.54 Å². The summed E-state index contributed by atoms with van der Waals surface area (Å²) in [5.74, 6) is 0.570. The smallest absolute Gasteiger partial charge is 0.232 e. The molecule has 0 saturated carbocycles. The van der Waals surface area contributed by atoms with Crippen LogP contribution in [0.5, 0.6) is 0 Å². The minimum Gasteiger partial charge on any atom is -0.257 e. The fourth-order valence-corrected chi connectivity index (χ4v) is 1.77. The number of benzene rings is 1. The van der Waals surface area contributed by atoms with E-state index in [1.54, 1.807) is 5.01 Å². The molecule has 0 amide bonds. The van der Waals surface area contributed by atoms with Crippen LogP contribution in [0.4, 0.5) is 0 Å². The monoisotopic (exact) mass is 248 g/mol. The van der Waals surface area contributed by atoms with Crippen molar-refractivity contribution in [3.05, 3.63) is 35.4 Å². The van der Waals surface area contributed by atoms with E-state index in [1.165, 1.54) is 11.1 Å². The Morgan fingerprint density at radius 3 is 2.59 bits per heavy atom. The Bertz CT molecular complexity index is 425. The van der Waals surface area contributed by atoms with E-state index in [9.17, 15) is 0 Å². The molecule has 1 N–H and O–H groups in total. The van der Waals surface area contributed by atoms with E-state index < -0.39 is 0 Å². The molecule has 0 fully saturated rings. The van der Waals surface area contributed by atoms with Crippen LogP contribution in [-0.4, -0.2) is 16.8 Å². The first-order valence-corrected chi connectivity index (χ1v) is 6.09. The van der Waals surface area contributed by atoms with Crippen molar-refractivity contribution in [2.45, 2.75) is 26.3 Å². The lowest BCUT2D eigenvalue weighted by Crippen LogP contribution is -2.37. The number of hydrazine groups is 1. The van der Waals surface area contributed by atoms with Gasteiger partial charge in [-0.1, -0.05) is 38.1 Å². The molecule has 1 aromatic carbocycles. The fourth-order valence-electron chi connectivity index (χ4n) is 1.59. The number of nitrogens with one attached hydrogen (secondary N) is 1. The van der Waals surface area contributed by atoms with Gasteiger partial charge in [-0.2, -0.15) is 5.11 Å². The molecule has 4 nitrogen and oxygen atoms in total. The molecule has 0 unspecified atom stereocenters. The molecule has 2 rings (SSSR count). The van der Waals surface area contributed by atoms with Gasteiger partial charge in [0.2, 0.25) is 5.11 Å². The van der Waals surface area contributed by atoms with Crippen molar-refractivity contribution in [3.63, 3.8) is 0 Å². The second-order valence-electron chi connectivity index (χ2n) is 4.32. The van der Waals surface area contributed by atoms with E-state index in [0.29, 0.717) is 17.7 Å². The van der Waals surface area contributed by atoms with Gasteiger partial charge in [0.1, 0.15) is 6.67 Å². The summed E-state index contributed by atoms with van der Waals surface area (Å²) >= 11 is 5.01. The first kappa shape index (κ1) is 12.1. The van der Waals surface area contributed by atoms with Crippen molar-refractivity contribution < 1.29 is 0 Å². The fraction of sp³-hybridized carbons (Fsp3) is 0.417. The van der Waals surface area contributed by atoms with Crippen LogP contribution < -0.4 is 5.43 Å². The van der Waals surface area contributed by atoms with Crippen molar-refractivity contribution in [1.82, 2.24) is 10.4 Å². The van der Waals surface area contributed by atoms with Gasteiger partial charge >= 0.3 is 0 Å². The molecular weight excluding hydrogens is 232 g/mol. The van der Waals surface area contributed by atoms with E-state index in [2.05, 4.69) is 53.8 Å². The van der Waals surface area contributed by atoms with Crippen molar-refractivity contribution in [2.75, 3.05) is 6.67 Å². The summed E-state index contributed by atoms with van der Waals surface area (Å²) in [7, 11) is 0. The van der Waals surface area contributed by atoms with E-state index in [1.807, 2.05) is 0 Å². The molecule has 17 heavy (non-hydrogen) atoms. The molecule has 1 aromatic rings. The number of rotatable bonds is 4. The first-order valence-electron chi connectivity index (χ1n) is 5.68. The zero-order chi connectivity index (χ0) is 12.3. The second-order valence-corrected chi connectivity index (χ2v) is 4.69. The van der Waals surface area contributed by atoms with Crippen molar-refractivity contribution in [2.24, 2.45) is 10.2 Å². The number of hydrogen-bond donors (Lipinski definition) is 1. The van der Waals surface area contributed by atoms with Crippen LogP contribution in [0.25, 0.3) is 0 Å². The normalized spacial score (nSPS) is 15.0. The Morgan fingerprint density at radius 1 is 1.35 bits per heavy atom. The van der Waals surface area contributed by atoms with Gasteiger partial charge in [-0.15, -0.1) is 5.11 Å². The van der Waals surface area contributed by atoms with E-state index in [4.69, 9.17) is 12.2 Å². The summed E-state index contributed by atoms with van der Waals surface area (Å²) in [6, 6.07) is 8.60. The molecule has 1 aliphatic heterocycles.